The van der Waals surface area contributed by atoms with Gasteiger partial charge in [0.25, 0.3) is 0 Å². The zero-order valence-electron chi connectivity index (χ0n) is 23.3. The Morgan fingerprint density at radius 2 is 1.51 bits per heavy atom. The van der Waals surface area contributed by atoms with Crippen molar-refractivity contribution in [2.45, 2.75) is 13.8 Å². The molecule has 0 unspecified atom stereocenters. The number of rotatable bonds is 3. The number of hydrogen-bond donors (Lipinski definition) is 0. The van der Waals surface area contributed by atoms with E-state index in [2.05, 4.69) is 18.2 Å². The van der Waals surface area contributed by atoms with Gasteiger partial charge in [0.05, 0.1) is 5.56 Å². The van der Waals surface area contributed by atoms with Crippen LogP contribution in [0, 0.1) is 30.9 Å². The highest BCUT2D eigenvalue weighted by Gasteiger charge is 2.24. The van der Waals surface area contributed by atoms with Crippen LogP contribution in [0.4, 0.5) is 4.39 Å². The second-order valence-corrected chi connectivity index (χ2v) is 9.19. The van der Waals surface area contributed by atoms with Gasteiger partial charge in [-0.05, 0) is 42.1 Å². The molecule has 0 N–H and O–H groups in total. The van der Waals surface area contributed by atoms with Gasteiger partial charge in [0.2, 0.25) is 5.69 Å². The molecule has 0 saturated heterocycles. The molecule has 0 aliphatic carbocycles. The number of furan rings is 1. The van der Waals surface area contributed by atoms with Crippen LogP contribution in [0.15, 0.2) is 95.5 Å². The van der Waals surface area contributed by atoms with Crippen LogP contribution in [0.2, 0.25) is 0 Å². The normalized spacial score (nSPS) is 12.8. The highest BCUT2D eigenvalue weighted by atomic mass is 19.1. The maximum atomic E-state index is 15.0. The summed E-state index contributed by atoms with van der Waals surface area (Å²) in [5.74, 6) is -0.806. The SMILES string of the molecule is [2H]C([2H])([2H])c1c[n+](C)c(-c2c(C)ccc3c2oc2c(C#N)c(-c4ccc(-c5ccccc5)cc4)ccc23)cc1F. The lowest BCUT2D eigenvalue weighted by Crippen LogP contribution is -2.31. The minimum atomic E-state index is -2.57. The van der Waals surface area contributed by atoms with E-state index < -0.39 is 12.7 Å². The predicted molar refractivity (Wildman–Crippen MR) is 145 cm³/mol. The summed E-state index contributed by atoms with van der Waals surface area (Å²) < 4.78 is 46.0. The second kappa shape index (κ2) is 8.72. The summed E-state index contributed by atoms with van der Waals surface area (Å²) in [6.45, 7) is -0.680. The molecule has 37 heavy (non-hydrogen) atoms. The van der Waals surface area contributed by atoms with Crippen molar-refractivity contribution in [2.75, 3.05) is 0 Å². The molecule has 6 aromatic rings. The standard InChI is InChI=1S/C33H24FN2O/c1-20-9-14-27-26-16-15-25(24-12-10-23(11-13-24)22-7-5-4-6-8-22)28(18-35)32(26)37-33(27)31(20)30-17-29(34)21(2)19-36(30)3/h4-17,19H,1-3H3/q+1/i2D3. The number of fused-ring (bicyclic) bond motifs is 3. The molecule has 0 aliphatic heterocycles. The monoisotopic (exact) mass is 486 g/mol. The van der Waals surface area contributed by atoms with E-state index in [1.807, 2.05) is 73.7 Å². The first kappa shape index (κ1) is 19.4. The van der Waals surface area contributed by atoms with Crippen LogP contribution in [0.5, 0.6) is 0 Å². The zero-order chi connectivity index (χ0) is 28.2. The van der Waals surface area contributed by atoms with Crippen molar-refractivity contribution in [1.29, 1.82) is 5.26 Å². The van der Waals surface area contributed by atoms with Gasteiger partial charge < -0.3 is 4.42 Å². The Morgan fingerprint density at radius 3 is 2.24 bits per heavy atom. The van der Waals surface area contributed by atoms with Gasteiger partial charge in [0.15, 0.2) is 11.8 Å². The summed E-state index contributed by atoms with van der Waals surface area (Å²) in [5.41, 5.74) is 6.83. The number of aryl methyl sites for hydroxylation is 3. The Hall–Kier alpha value is -4.75. The maximum Gasteiger partial charge on any atom is 0.219 e. The van der Waals surface area contributed by atoms with E-state index in [1.165, 1.54) is 12.3 Å². The first-order valence-corrected chi connectivity index (χ1v) is 11.9. The maximum absolute atomic E-state index is 15.0. The fourth-order valence-electron chi connectivity index (χ4n) is 5.02. The Balaban J connectivity index is 1.54. The largest absolute Gasteiger partial charge is 0.454 e. The van der Waals surface area contributed by atoms with Crippen molar-refractivity contribution >= 4 is 21.9 Å². The molecule has 0 amide bonds. The van der Waals surface area contributed by atoms with Gasteiger partial charge in [-0.15, -0.1) is 0 Å². The molecule has 0 aliphatic rings. The predicted octanol–water partition coefficient (Wildman–Crippen LogP) is 8.04. The van der Waals surface area contributed by atoms with E-state index >= 15 is 0 Å². The summed E-state index contributed by atoms with van der Waals surface area (Å²) in [6, 6.07) is 29.5. The second-order valence-electron chi connectivity index (χ2n) is 9.19. The number of hydrogen-bond acceptors (Lipinski definition) is 2. The lowest BCUT2D eigenvalue weighted by Gasteiger charge is -2.07. The van der Waals surface area contributed by atoms with Crippen molar-refractivity contribution in [2.24, 2.45) is 7.05 Å². The van der Waals surface area contributed by atoms with Crippen LogP contribution in [0.3, 0.4) is 0 Å². The third-order valence-electron chi connectivity index (χ3n) is 6.91. The van der Waals surface area contributed by atoms with E-state index in [9.17, 15) is 9.65 Å². The van der Waals surface area contributed by atoms with Crippen LogP contribution >= 0.6 is 0 Å². The topological polar surface area (TPSA) is 40.8 Å². The van der Waals surface area contributed by atoms with E-state index in [0.717, 1.165) is 38.6 Å². The average Bonchev–Trinajstić information content (AvgIpc) is 3.32. The van der Waals surface area contributed by atoms with Crippen LogP contribution in [0.25, 0.3) is 55.4 Å². The van der Waals surface area contributed by atoms with E-state index in [0.29, 0.717) is 28.0 Å². The number of pyridine rings is 1. The van der Waals surface area contributed by atoms with Gasteiger partial charge in [0, 0.05) is 32.1 Å². The molecule has 178 valence electrons. The van der Waals surface area contributed by atoms with E-state index in [4.69, 9.17) is 8.53 Å². The Kier molecular flexibility index (Phi) is 4.58. The van der Waals surface area contributed by atoms with Crippen molar-refractivity contribution in [3.05, 3.63) is 114 Å². The Labute approximate surface area is 218 Å². The molecule has 0 spiro atoms. The van der Waals surface area contributed by atoms with Gasteiger partial charge >= 0.3 is 0 Å². The fraction of sp³-hybridized carbons (Fsp3) is 0.0909. The minimum absolute atomic E-state index is 0.345. The van der Waals surface area contributed by atoms with Crippen LogP contribution < -0.4 is 4.57 Å². The van der Waals surface area contributed by atoms with E-state index in [-0.39, 0.29) is 5.56 Å². The molecule has 0 radical (unpaired) electrons. The molecule has 6 rings (SSSR count). The minimum Gasteiger partial charge on any atom is -0.454 e. The summed E-state index contributed by atoms with van der Waals surface area (Å²) in [4.78, 5) is 0. The quantitative estimate of drug-likeness (QED) is 0.238. The summed E-state index contributed by atoms with van der Waals surface area (Å²) in [6.07, 6.45) is 1.30. The number of halogens is 1. The smallest absolute Gasteiger partial charge is 0.219 e. The third-order valence-corrected chi connectivity index (χ3v) is 6.91. The number of aromatic nitrogens is 1. The van der Waals surface area contributed by atoms with Gasteiger partial charge in [0.1, 0.15) is 30.1 Å². The Bertz CT molecular complexity index is 1970. The highest BCUT2D eigenvalue weighted by molar-refractivity contribution is 6.12. The molecule has 0 fully saturated rings. The molecular formula is C33H24FN2O+. The first-order chi connectivity index (χ1) is 19.2. The fourth-order valence-corrected chi connectivity index (χ4v) is 5.02. The lowest BCUT2D eigenvalue weighted by molar-refractivity contribution is -0.661. The highest BCUT2D eigenvalue weighted by Crippen LogP contribution is 2.40. The molecular weight excluding hydrogens is 459 g/mol. The van der Waals surface area contributed by atoms with Crippen LogP contribution in [0.1, 0.15) is 20.8 Å². The molecule has 0 saturated carbocycles. The molecule has 2 heterocycles. The number of nitrogens with zero attached hydrogens (tertiary/aromatic N) is 2. The van der Waals surface area contributed by atoms with Crippen LogP contribution in [-0.2, 0) is 7.05 Å². The Morgan fingerprint density at radius 1 is 0.838 bits per heavy atom. The van der Waals surface area contributed by atoms with E-state index in [1.54, 1.807) is 11.6 Å². The average molecular weight is 487 g/mol. The van der Waals surface area contributed by atoms with Crippen molar-refractivity contribution in [3.8, 4) is 39.6 Å². The summed E-state index contributed by atoms with van der Waals surface area (Å²) in [5, 5.41) is 11.8. The molecule has 3 nitrogen and oxygen atoms in total. The van der Waals surface area contributed by atoms with Gasteiger partial charge in [-0.25, -0.2) is 8.96 Å². The van der Waals surface area contributed by atoms with Gasteiger partial charge in [-0.1, -0.05) is 72.8 Å². The van der Waals surface area contributed by atoms with Crippen molar-refractivity contribution < 1.29 is 17.5 Å². The summed E-state index contributed by atoms with van der Waals surface area (Å²) >= 11 is 0. The first-order valence-electron chi connectivity index (χ1n) is 13.4. The third kappa shape index (κ3) is 3.68. The molecule has 4 aromatic carbocycles. The van der Waals surface area contributed by atoms with Crippen molar-refractivity contribution in [1.82, 2.24) is 0 Å². The lowest BCUT2D eigenvalue weighted by atomic mass is 9.95. The molecule has 0 bridgehead atoms. The van der Waals surface area contributed by atoms with Crippen LogP contribution in [-0.4, -0.2) is 0 Å². The molecule has 2 aromatic heterocycles. The van der Waals surface area contributed by atoms with Crippen molar-refractivity contribution in [3.63, 3.8) is 0 Å². The molecule has 0 atom stereocenters. The number of benzene rings is 4. The number of nitriles is 1. The van der Waals surface area contributed by atoms with Gasteiger partial charge in [-0.2, -0.15) is 5.26 Å². The van der Waals surface area contributed by atoms with Gasteiger partial charge in [-0.3, -0.25) is 0 Å². The zero-order valence-corrected chi connectivity index (χ0v) is 20.3. The molecule has 4 heteroatoms. The summed E-state index contributed by atoms with van der Waals surface area (Å²) in [7, 11) is 1.68.